The lowest BCUT2D eigenvalue weighted by Crippen LogP contribution is -2.42. The molecule has 2 N–H and O–H groups in total. The van der Waals surface area contributed by atoms with Gasteiger partial charge in [0.15, 0.2) is 0 Å². The SMILES string of the molecule is O=C(c1ccncc1)N1CC[C@@H]2[C@@H](CO)Nc3ccc(Br)cc3[C@@H]21. The number of hydrogen-bond donors (Lipinski definition) is 2. The first kappa shape index (κ1) is 15.6. The quantitative estimate of drug-likeness (QED) is 0.831. The van der Waals surface area contributed by atoms with E-state index < -0.39 is 0 Å². The number of rotatable bonds is 2. The number of carbonyl (C=O) groups excluding carboxylic acids is 1. The van der Waals surface area contributed by atoms with E-state index in [4.69, 9.17) is 0 Å². The number of pyridine rings is 1. The van der Waals surface area contributed by atoms with Crippen molar-refractivity contribution in [2.75, 3.05) is 18.5 Å². The van der Waals surface area contributed by atoms with Gasteiger partial charge in [0.2, 0.25) is 0 Å². The molecule has 2 aromatic rings. The van der Waals surface area contributed by atoms with Crippen LogP contribution in [-0.2, 0) is 0 Å². The van der Waals surface area contributed by atoms with E-state index in [0.29, 0.717) is 12.1 Å². The summed E-state index contributed by atoms with van der Waals surface area (Å²) < 4.78 is 0.993. The number of fused-ring (bicyclic) bond motifs is 3. The molecule has 3 atom stereocenters. The maximum Gasteiger partial charge on any atom is 0.254 e. The predicted octanol–water partition coefficient (Wildman–Crippen LogP) is 2.83. The molecule has 1 amide bonds. The monoisotopic (exact) mass is 387 g/mol. The molecule has 0 unspecified atom stereocenters. The highest BCUT2D eigenvalue weighted by Gasteiger charge is 2.45. The third-order valence-corrected chi connectivity index (χ3v) is 5.51. The number of nitrogens with zero attached hydrogens (tertiary/aromatic N) is 2. The molecule has 6 heteroatoms. The van der Waals surface area contributed by atoms with E-state index in [0.717, 1.165) is 22.1 Å². The van der Waals surface area contributed by atoms with Crippen LogP contribution in [0.1, 0.15) is 28.4 Å². The first-order chi connectivity index (χ1) is 11.7. The van der Waals surface area contributed by atoms with E-state index in [1.54, 1.807) is 24.5 Å². The third kappa shape index (κ3) is 2.50. The molecule has 2 aliphatic heterocycles. The minimum absolute atomic E-state index is 0.0171. The van der Waals surface area contributed by atoms with E-state index in [1.807, 2.05) is 17.0 Å². The summed E-state index contributed by atoms with van der Waals surface area (Å²) in [6, 6.07) is 9.52. The van der Waals surface area contributed by atoms with Gasteiger partial charge in [0.25, 0.3) is 5.91 Å². The van der Waals surface area contributed by atoms with Crippen LogP contribution in [0.5, 0.6) is 0 Å². The zero-order valence-corrected chi connectivity index (χ0v) is 14.6. The van der Waals surface area contributed by atoms with E-state index >= 15 is 0 Å². The van der Waals surface area contributed by atoms with E-state index in [-0.39, 0.29) is 30.5 Å². The summed E-state index contributed by atoms with van der Waals surface area (Å²) in [6.45, 7) is 0.759. The summed E-state index contributed by atoms with van der Waals surface area (Å²) in [5.74, 6) is 0.233. The molecule has 4 rings (SSSR count). The van der Waals surface area contributed by atoms with Crippen LogP contribution in [0.2, 0.25) is 0 Å². The van der Waals surface area contributed by atoms with Gasteiger partial charge in [-0.15, -0.1) is 0 Å². The largest absolute Gasteiger partial charge is 0.394 e. The number of hydrogen-bond acceptors (Lipinski definition) is 4. The topological polar surface area (TPSA) is 65.5 Å². The van der Waals surface area contributed by atoms with Crippen LogP contribution in [0, 0.1) is 5.92 Å². The molecule has 24 heavy (non-hydrogen) atoms. The summed E-state index contributed by atoms with van der Waals surface area (Å²) >= 11 is 3.53. The lowest BCUT2D eigenvalue weighted by Gasteiger charge is -2.39. The van der Waals surface area contributed by atoms with Crippen molar-refractivity contribution in [3.05, 3.63) is 58.3 Å². The number of halogens is 1. The normalized spacial score (nSPS) is 24.9. The Labute approximate surface area is 148 Å². The van der Waals surface area contributed by atoms with Gasteiger partial charge in [0.1, 0.15) is 0 Å². The smallest absolute Gasteiger partial charge is 0.254 e. The maximum absolute atomic E-state index is 13.0. The van der Waals surface area contributed by atoms with E-state index in [2.05, 4.69) is 32.3 Å². The average molecular weight is 388 g/mol. The molecule has 0 bridgehead atoms. The predicted molar refractivity (Wildman–Crippen MR) is 94.8 cm³/mol. The van der Waals surface area contributed by atoms with Crippen molar-refractivity contribution in [1.29, 1.82) is 0 Å². The Morgan fingerprint density at radius 1 is 1.33 bits per heavy atom. The molecule has 124 valence electrons. The molecule has 1 fully saturated rings. The maximum atomic E-state index is 13.0. The van der Waals surface area contributed by atoms with Crippen LogP contribution < -0.4 is 5.32 Å². The van der Waals surface area contributed by atoms with Crippen molar-refractivity contribution in [3.63, 3.8) is 0 Å². The molecule has 0 spiro atoms. The number of likely N-dealkylation sites (tertiary alicyclic amines) is 1. The first-order valence-electron chi connectivity index (χ1n) is 8.07. The number of aliphatic hydroxyl groups is 1. The summed E-state index contributed by atoms with van der Waals surface area (Å²) in [5, 5.41) is 13.2. The van der Waals surface area contributed by atoms with Gasteiger partial charge in [-0.05, 0) is 42.3 Å². The number of aliphatic hydroxyl groups excluding tert-OH is 1. The van der Waals surface area contributed by atoms with Crippen LogP contribution >= 0.6 is 15.9 Å². The molecule has 0 saturated carbocycles. The Bertz CT molecular complexity index is 768. The summed E-state index contributed by atoms with van der Waals surface area (Å²) in [4.78, 5) is 18.9. The second-order valence-electron chi connectivity index (χ2n) is 6.30. The highest BCUT2D eigenvalue weighted by molar-refractivity contribution is 9.10. The number of aromatic nitrogens is 1. The third-order valence-electron chi connectivity index (χ3n) is 5.02. The second-order valence-corrected chi connectivity index (χ2v) is 7.21. The average Bonchev–Trinajstić information content (AvgIpc) is 3.06. The van der Waals surface area contributed by atoms with Crippen molar-refractivity contribution in [2.24, 2.45) is 5.92 Å². The van der Waals surface area contributed by atoms with Gasteiger partial charge in [0.05, 0.1) is 18.7 Å². The zero-order valence-electron chi connectivity index (χ0n) is 13.0. The van der Waals surface area contributed by atoms with Gasteiger partial charge < -0.3 is 15.3 Å². The molecule has 5 nitrogen and oxygen atoms in total. The van der Waals surface area contributed by atoms with Crippen molar-refractivity contribution in [2.45, 2.75) is 18.5 Å². The summed E-state index contributed by atoms with van der Waals surface area (Å²) in [7, 11) is 0. The fourth-order valence-corrected chi connectivity index (χ4v) is 4.30. The number of amides is 1. The van der Waals surface area contributed by atoms with Gasteiger partial charge >= 0.3 is 0 Å². The number of anilines is 1. The molecule has 1 aromatic carbocycles. The van der Waals surface area contributed by atoms with Crippen molar-refractivity contribution in [3.8, 4) is 0 Å². The molecule has 1 saturated heterocycles. The number of benzene rings is 1. The minimum Gasteiger partial charge on any atom is -0.394 e. The molecule has 2 aliphatic rings. The lowest BCUT2D eigenvalue weighted by molar-refractivity contribution is 0.0701. The van der Waals surface area contributed by atoms with Crippen LogP contribution in [-0.4, -0.2) is 40.1 Å². The van der Waals surface area contributed by atoms with Crippen LogP contribution in [0.4, 0.5) is 5.69 Å². The van der Waals surface area contributed by atoms with E-state index in [1.165, 1.54) is 0 Å². The van der Waals surface area contributed by atoms with E-state index in [9.17, 15) is 9.90 Å². The van der Waals surface area contributed by atoms with Gasteiger partial charge in [-0.25, -0.2) is 0 Å². The van der Waals surface area contributed by atoms with Crippen molar-refractivity contribution >= 4 is 27.5 Å². The Hall–Kier alpha value is -1.92. The molecule has 0 radical (unpaired) electrons. The van der Waals surface area contributed by atoms with Crippen LogP contribution in [0.25, 0.3) is 0 Å². The summed E-state index contributed by atoms with van der Waals surface area (Å²) in [5.41, 5.74) is 2.76. The van der Waals surface area contributed by atoms with Crippen molar-refractivity contribution in [1.82, 2.24) is 9.88 Å². The number of nitrogens with one attached hydrogen (secondary N) is 1. The summed E-state index contributed by atoms with van der Waals surface area (Å²) in [6.07, 6.45) is 4.17. The minimum atomic E-state index is -0.0288. The fraction of sp³-hybridized carbons (Fsp3) is 0.333. The fourth-order valence-electron chi connectivity index (χ4n) is 3.92. The number of carbonyl (C=O) groups is 1. The van der Waals surface area contributed by atoms with Crippen LogP contribution in [0.3, 0.4) is 0 Å². The van der Waals surface area contributed by atoms with Gasteiger partial charge in [-0.3, -0.25) is 9.78 Å². The molecular formula is C18H18BrN3O2. The standard InChI is InChI=1S/C18H18BrN3O2/c19-12-1-2-15-14(9-12)17-13(16(10-23)21-15)5-8-22(17)18(24)11-3-6-20-7-4-11/h1-4,6-7,9,13,16-17,21,23H,5,8,10H2/t13-,16-,17-/m1/s1. The molecule has 0 aliphatic carbocycles. The molecule has 1 aromatic heterocycles. The van der Waals surface area contributed by atoms with Crippen LogP contribution in [0.15, 0.2) is 47.2 Å². The molecule has 3 heterocycles. The lowest BCUT2D eigenvalue weighted by atomic mass is 9.83. The zero-order chi connectivity index (χ0) is 16.7. The highest BCUT2D eigenvalue weighted by atomic mass is 79.9. The van der Waals surface area contributed by atoms with Gasteiger partial charge in [0, 0.05) is 40.6 Å². The first-order valence-corrected chi connectivity index (χ1v) is 8.86. The Kier molecular flexibility index (Phi) is 4.02. The Morgan fingerprint density at radius 3 is 2.88 bits per heavy atom. The Morgan fingerprint density at radius 2 is 2.12 bits per heavy atom. The highest BCUT2D eigenvalue weighted by Crippen LogP contribution is 2.47. The van der Waals surface area contributed by atoms with Gasteiger partial charge in [-0.1, -0.05) is 15.9 Å². The van der Waals surface area contributed by atoms with Crippen molar-refractivity contribution < 1.29 is 9.90 Å². The second kappa shape index (κ2) is 6.18. The Balaban J connectivity index is 1.75. The molecular weight excluding hydrogens is 370 g/mol. The van der Waals surface area contributed by atoms with Gasteiger partial charge in [-0.2, -0.15) is 0 Å².